The highest BCUT2D eigenvalue weighted by Crippen LogP contribution is 2.61. The molecule has 4 heteroatoms. The number of oxazole rings is 1. The van der Waals surface area contributed by atoms with E-state index in [1.807, 2.05) is 13.0 Å². The Morgan fingerprint density at radius 1 is 1.32 bits per heavy atom. The number of nitrogens with zero attached hydrogens (tertiary/aromatic N) is 1. The number of rotatable bonds is 3. The largest absolute Gasteiger partial charge is 0.441 e. The maximum absolute atomic E-state index is 6.03. The molecule has 0 bridgehead atoms. The van der Waals surface area contributed by atoms with Gasteiger partial charge in [-0.05, 0) is 42.5 Å². The number of aryl methyl sites for hydroxylation is 1. The molecular formula is C15H18N2O2. The van der Waals surface area contributed by atoms with Crippen LogP contribution in [0, 0.1) is 12.3 Å². The molecule has 4 nitrogen and oxygen atoms in total. The molecule has 0 unspecified atom stereocenters. The summed E-state index contributed by atoms with van der Waals surface area (Å²) in [4.78, 5) is 4.44. The summed E-state index contributed by atoms with van der Waals surface area (Å²) in [5.41, 5.74) is 9.48. The summed E-state index contributed by atoms with van der Waals surface area (Å²) in [6.45, 7) is 4.19. The molecule has 0 spiro atoms. The number of hydrogen-bond acceptors (Lipinski definition) is 4. The van der Waals surface area contributed by atoms with Crippen LogP contribution in [0.15, 0.2) is 22.6 Å². The van der Waals surface area contributed by atoms with Crippen LogP contribution in [-0.4, -0.2) is 24.7 Å². The van der Waals surface area contributed by atoms with E-state index in [1.165, 1.54) is 18.4 Å². The fraction of sp³-hybridized carbons (Fsp3) is 0.533. The molecule has 4 rings (SSSR count). The van der Waals surface area contributed by atoms with Gasteiger partial charge in [0, 0.05) is 12.3 Å². The molecule has 0 atom stereocenters. The highest BCUT2D eigenvalue weighted by atomic mass is 16.5. The van der Waals surface area contributed by atoms with Gasteiger partial charge in [0.15, 0.2) is 11.5 Å². The van der Waals surface area contributed by atoms with E-state index in [9.17, 15) is 0 Å². The van der Waals surface area contributed by atoms with Crippen LogP contribution in [-0.2, 0) is 10.2 Å². The molecule has 19 heavy (non-hydrogen) atoms. The van der Waals surface area contributed by atoms with Gasteiger partial charge in [-0.15, -0.1) is 0 Å². The SMILES string of the molecule is Cc1nc2cc(C3(C4(CN)CC4)COC3)ccc2o1. The second-order valence-electron chi connectivity index (χ2n) is 5.97. The normalized spacial score (nSPS) is 23.3. The molecule has 1 saturated carbocycles. The lowest BCUT2D eigenvalue weighted by Gasteiger charge is -2.48. The zero-order chi connectivity index (χ0) is 13.1. The molecule has 1 aromatic carbocycles. The summed E-state index contributed by atoms with van der Waals surface area (Å²) in [6, 6.07) is 6.34. The van der Waals surface area contributed by atoms with E-state index in [0.717, 1.165) is 30.9 Å². The summed E-state index contributed by atoms with van der Waals surface area (Å²) in [6.07, 6.45) is 2.42. The molecule has 2 N–H and O–H groups in total. The van der Waals surface area contributed by atoms with Crippen LogP contribution >= 0.6 is 0 Å². The molecule has 1 saturated heterocycles. The van der Waals surface area contributed by atoms with Crippen LogP contribution in [0.5, 0.6) is 0 Å². The monoisotopic (exact) mass is 258 g/mol. The van der Waals surface area contributed by atoms with Crippen LogP contribution in [0.3, 0.4) is 0 Å². The minimum atomic E-state index is 0.1000. The number of ether oxygens (including phenoxy) is 1. The van der Waals surface area contributed by atoms with Gasteiger partial charge in [-0.25, -0.2) is 4.98 Å². The summed E-state index contributed by atoms with van der Waals surface area (Å²) in [5, 5.41) is 0. The molecule has 0 amide bonds. The third-order valence-electron chi connectivity index (χ3n) is 5.00. The van der Waals surface area contributed by atoms with Crippen LogP contribution in [0.2, 0.25) is 0 Å². The Labute approximate surface area is 111 Å². The first-order valence-electron chi connectivity index (χ1n) is 6.85. The van der Waals surface area contributed by atoms with E-state index in [0.29, 0.717) is 5.89 Å². The van der Waals surface area contributed by atoms with Crippen molar-refractivity contribution in [3.63, 3.8) is 0 Å². The van der Waals surface area contributed by atoms with Gasteiger partial charge in [0.05, 0.1) is 13.2 Å². The Hall–Kier alpha value is -1.39. The minimum absolute atomic E-state index is 0.1000. The summed E-state index contributed by atoms with van der Waals surface area (Å²) < 4.78 is 11.1. The summed E-state index contributed by atoms with van der Waals surface area (Å²) in [7, 11) is 0. The van der Waals surface area contributed by atoms with Crippen molar-refractivity contribution in [1.82, 2.24) is 4.98 Å². The second kappa shape index (κ2) is 3.58. The van der Waals surface area contributed by atoms with Crippen LogP contribution < -0.4 is 5.73 Å². The summed E-state index contributed by atoms with van der Waals surface area (Å²) in [5.74, 6) is 0.714. The van der Waals surface area contributed by atoms with E-state index < -0.39 is 0 Å². The molecule has 2 fully saturated rings. The lowest BCUT2D eigenvalue weighted by atomic mass is 9.66. The number of fused-ring (bicyclic) bond motifs is 1. The average molecular weight is 258 g/mol. The Morgan fingerprint density at radius 3 is 2.68 bits per heavy atom. The van der Waals surface area contributed by atoms with Gasteiger partial charge in [-0.3, -0.25) is 0 Å². The zero-order valence-corrected chi connectivity index (χ0v) is 11.1. The first-order valence-corrected chi connectivity index (χ1v) is 6.85. The molecule has 100 valence electrons. The van der Waals surface area contributed by atoms with Gasteiger partial charge in [0.1, 0.15) is 5.52 Å². The molecule has 1 aliphatic carbocycles. The molecule has 2 aromatic rings. The molecular weight excluding hydrogens is 240 g/mol. The maximum atomic E-state index is 6.03. The third-order valence-corrected chi connectivity index (χ3v) is 5.00. The lowest BCUT2D eigenvalue weighted by Crippen LogP contribution is -2.55. The number of aromatic nitrogens is 1. The van der Waals surface area contributed by atoms with Crippen molar-refractivity contribution < 1.29 is 9.15 Å². The van der Waals surface area contributed by atoms with Gasteiger partial charge in [-0.2, -0.15) is 0 Å². The van der Waals surface area contributed by atoms with Crippen LogP contribution in [0.4, 0.5) is 0 Å². The third kappa shape index (κ3) is 1.38. The van der Waals surface area contributed by atoms with Crippen molar-refractivity contribution in [1.29, 1.82) is 0 Å². The molecule has 0 radical (unpaired) electrons. The first kappa shape index (κ1) is 11.4. The molecule has 1 aliphatic heterocycles. The number of hydrogen-bond donors (Lipinski definition) is 1. The maximum Gasteiger partial charge on any atom is 0.192 e. The van der Waals surface area contributed by atoms with Gasteiger partial charge >= 0.3 is 0 Å². The number of benzene rings is 1. The summed E-state index contributed by atoms with van der Waals surface area (Å²) >= 11 is 0. The topological polar surface area (TPSA) is 61.3 Å². The van der Waals surface area contributed by atoms with E-state index in [4.69, 9.17) is 14.9 Å². The van der Waals surface area contributed by atoms with Gasteiger partial charge in [-0.1, -0.05) is 6.07 Å². The Bertz CT molecular complexity index is 639. The molecule has 2 aliphatic rings. The smallest absolute Gasteiger partial charge is 0.192 e. The van der Waals surface area contributed by atoms with E-state index in [2.05, 4.69) is 17.1 Å². The van der Waals surface area contributed by atoms with Crippen molar-refractivity contribution in [3.05, 3.63) is 29.7 Å². The highest BCUT2D eigenvalue weighted by Gasteiger charge is 2.62. The predicted octanol–water partition coefficient (Wildman–Crippen LogP) is 2.14. The second-order valence-corrected chi connectivity index (χ2v) is 5.97. The Kier molecular flexibility index (Phi) is 2.16. The van der Waals surface area contributed by atoms with Crippen LogP contribution in [0.25, 0.3) is 11.1 Å². The molecule has 1 aromatic heterocycles. The van der Waals surface area contributed by atoms with Crippen molar-refractivity contribution in [2.45, 2.75) is 25.2 Å². The standard InChI is InChI=1S/C15H18N2O2/c1-10-17-12-6-11(2-3-13(12)19-10)15(8-18-9-15)14(7-16)4-5-14/h2-3,6H,4-5,7-9,16H2,1H3. The average Bonchev–Trinajstić information content (AvgIpc) is 3.04. The quantitative estimate of drug-likeness (QED) is 0.916. The fourth-order valence-electron chi connectivity index (χ4n) is 3.45. The van der Waals surface area contributed by atoms with E-state index >= 15 is 0 Å². The van der Waals surface area contributed by atoms with Crippen molar-refractivity contribution >= 4 is 11.1 Å². The Balaban J connectivity index is 1.84. The van der Waals surface area contributed by atoms with Gasteiger partial charge < -0.3 is 14.9 Å². The van der Waals surface area contributed by atoms with E-state index in [-0.39, 0.29) is 10.8 Å². The van der Waals surface area contributed by atoms with Gasteiger partial charge in [0.2, 0.25) is 0 Å². The highest BCUT2D eigenvalue weighted by molar-refractivity contribution is 5.74. The predicted molar refractivity (Wildman–Crippen MR) is 72.0 cm³/mol. The van der Waals surface area contributed by atoms with Crippen molar-refractivity contribution in [3.8, 4) is 0 Å². The van der Waals surface area contributed by atoms with E-state index in [1.54, 1.807) is 0 Å². The fourth-order valence-corrected chi connectivity index (χ4v) is 3.45. The molecule has 2 heterocycles. The van der Waals surface area contributed by atoms with Gasteiger partial charge in [0.25, 0.3) is 0 Å². The van der Waals surface area contributed by atoms with Crippen LogP contribution in [0.1, 0.15) is 24.3 Å². The number of nitrogens with two attached hydrogens (primary N) is 1. The minimum Gasteiger partial charge on any atom is -0.441 e. The van der Waals surface area contributed by atoms with Crippen molar-refractivity contribution in [2.24, 2.45) is 11.1 Å². The first-order chi connectivity index (χ1) is 9.19. The van der Waals surface area contributed by atoms with Crippen molar-refractivity contribution in [2.75, 3.05) is 19.8 Å². The lowest BCUT2D eigenvalue weighted by molar-refractivity contribution is -0.0972. The Morgan fingerprint density at radius 2 is 2.11 bits per heavy atom. The zero-order valence-electron chi connectivity index (χ0n) is 11.1.